The molecule has 2 aliphatic carbocycles. The molecule has 6 rings (SSSR count). The van der Waals surface area contributed by atoms with E-state index in [-0.39, 0.29) is 5.60 Å². The summed E-state index contributed by atoms with van der Waals surface area (Å²) in [4.78, 5) is 16.7. The summed E-state index contributed by atoms with van der Waals surface area (Å²) in [5.41, 5.74) is 4.18. The van der Waals surface area contributed by atoms with Crippen molar-refractivity contribution in [1.82, 2.24) is 20.3 Å². The zero-order valence-electron chi connectivity index (χ0n) is 18.4. The quantitative estimate of drug-likeness (QED) is 0.753. The number of rotatable bonds is 3. The molecule has 1 saturated heterocycles. The third-order valence-electron chi connectivity index (χ3n) is 7.08. The normalized spacial score (nSPS) is 21.7. The van der Waals surface area contributed by atoms with Gasteiger partial charge in [0.25, 0.3) is 0 Å². The number of anilines is 3. The van der Waals surface area contributed by atoms with Crippen molar-refractivity contribution in [1.29, 1.82) is 0 Å². The molecule has 2 aliphatic heterocycles. The molecule has 0 atom stereocenters. The minimum absolute atomic E-state index is 0.309. The Kier molecular flexibility index (Phi) is 5.06. The SMILES string of the molecule is C1=CC2=C(CC1)OC1(CCCCC1)c1nc(Nc3ccc(N4CCNCC4)cn3)ncc12. The van der Waals surface area contributed by atoms with E-state index in [0.717, 1.165) is 86.0 Å². The van der Waals surface area contributed by atoms with Gasteiger partial charge in [-0.1, -0.05) is 18.6 Å². The summed E-state index contributed by atoms with van der Waals surface area (Å²) in [6, 6.07) is 4.13. The number of hydrogen-bond donors (Lipinski definition) is 2. The van der Waals surface area contributed by atoms with E-state index in [0.29, 0.717) is 5.95 Å². The van der Waals surface area contributed by atoms with Gasteiger partial charge in [0.1, 0.15) is 11.6 Å². The Labute approximate surface area is 189 Å². The van der Waals surface area contributed by atoms with Gasteiger partial charge in [-0.15, -0.1) is 0 Å². The third-order valence-corrected chi connectivity index (χ3v) is 7.08. The number of ether oxygens (including phenoxy) is 1. The molecule has 7 nitrogen and oxygen atoms in total. The van der Waals surface area contributed by atoms with Crippen LogP contribution in [0.2, 0.25) is 0 Å². The molecule has 1 saturated carbocycles. The molecule has 166 valence electrons. The van der Waals surface area contributed by atoms with Gasteiger partial charge in [-0.3, -0.25) is 0 Å². The molecule has 2 N–H and O–H groups in total. The van der Waals surface area contributed by atoms with Crippen molar-refractivity contribution in [2.45, 2.75) is 50.5 Å². The van der Waals surface area contributed by atoms with Crippen LogP contribution < -0.4 is 15.5 Å². The van der Waals surface area contributed by atoms with Crippen molar-refractivity contribution >= 4 is 23.0 Å². The molecule has 0 radical (unpaired) electrons. The zero-order valence-corrected chi connectivity index (χ0v) is 18.4. The van der Waals surface area contributed by atoms with Crippen molar-refractivity contribution in [2.75, 3.05) is 36.4 Å². The summed E-state index contributed by atoms with van der Waals surface area (Å²) in [6.07, 6.45) is 16.0. The fraction of sp³-hybridized carbons (Fsp3) is 0.480. The summed E-state index contributed by atoms with van der Waals surface area (Å²) in [5, 5.41) is 6.71. The van der Waals surface area contributed by atoms with Crippen molar-refractivity contribution in [3.8, 4) is 0 Å². The van der Waals surface area contributed by atoms with Gasteiger partial charge in [0.15, 0.2) is 5.60 Å². The highest BCUT2D eigenvalue weighted by molar-refractivity contribution is 5.79. The topological polar surface area (TPSA) is 75.2 Å². The summed E-state index contributed by atoms with van der Waals surface area (Å²) in [7, 11) is 0. The first-order chi connectivity index (χ1) is 15.8. The molecular formula is C25H30N6O. The Balaban J connectivity index is 1.29. The number of aromatic nitrogens is 3. The minimum Gasteiger partial charge on any atom is -0.485 e. The van der Waals surface area contributed by atoms with Crippen molar-refractivity contribution in [3.63, 3.8) is 0 Å². The van der Waals surface area contributed by atoms with Crippen LogP contribution in [-0.2, 0) is 10.3 Å². The van der Waals surface area contributed by atoms with Crippen LogP contribution in [-0.4, -0.2) is 41.1 Å². The smallest absolute Gasteiger partial charge is 0.228 e. The van der Waals surface area contributed by atoms with Crippen LogP contribution in [0.25, 0.3) is 5.57 Å². The second-order valence-corrected chi connectivity index (χ2v) is 9.15. The van der Waals surface area contributed by atoms with E-state index >= 15 is 0 Å². The Morgan fingerprint density at radius 3 is 2.72 bits per heavy atom. The average molecular weight is 431 g/mol. The minimum atomic E-state index is -0.309. The number of hydrogen-bond acceptors (Lipinski definition) is 7. The van der Waals surface area contributed by atoms with E-state index in [9.17, 15) is 0 Å². The maximum atomic E-state index is 6.72. The lowest BCUT2D eigenvalue weighted by atomic mass is 9.77. The molecule has 1 spiro atoms. The van der Waals surface area contributed by atoms with Gasteiger partial charge in [-0.2, -0.15) is 0 Å². The molecular weight excluding hydrogens is 400 g/mol. The van der Waals surface area contributed by atoms with Crippen molar-refractivity contribution in [2.24, 2.45) is 0 Å². The molecule has 7 heteroatoms. The lowest BCUT2D eigenvalue weighted by molar-refractivity contribution is -0.0437. The first kappa shape index (κ1) is 19.7. The van der Waals surface area contributed by atoms with E-state index in [1.54, 1.807) is 0 Å². The van der Waals surface area contributed by atoms with E-state index in [2.05, 4.69) is 43.7 Å². The number of allylic oxidation sites excluding steroid dienone is 4. The summed E-state index contributed by atoms with van der Waals surface area (Å²) < 4.78 is 6.72. The van der Waals surface area contributed by atoms with Gasteiger partial charge >= 0.3 is 0 Å². The maximum absolute atomic E-state index is 6.72. The number of nitrogens with zero attached hydrogens (tertiary/aromatic N) is 4. The predicted octanol–water partition coefficient (Wildman–Crippen LogP) is 4.28. The van der Waals surface area contributed by atoms with Crippen LogP contribution in [0.3, 0.4) is 0 Å². The molecule has 0 unspecified atom stereocenters. The van der Waals surface area contributed by atoms with E-state index in [4.69, 9.17) is 9.72 Å². The molecule has 0 aromatic carbocycles. The first-order valence-corrected chi connectivity index (χ1v) is 12.0. The lowest BCUT2D eigenvalue weighted by Crippen LogP contribution is -2.43. The molecule has 4 aliphatic rings. The van der Waals surface area contributed by atoms with Gasteiger partial charge in [0.05, 0.1) is 17.6 Å². The molecule has 4 heterocycles. The third kappa shape index (κ3) is 3.54. The van der Waals surface area contributed by atoms with Crippen molar-refractivity contribution < 1.29 is 4.74 Å². The van der Waals surface area contributed by atoms with Crippen molar-refractivity contribution in [3.05, 3.63) is 53.7 Å². The number of fused-ring (bicyclic) bond motifs is 3. The maximum Gasteiger partial charge on any atom is 0.228 e. The average Bonchev–Trinajstić information content (AvgIpc) is 2.86. The first-order valence-electron chi connectivity index (χ1n) is 12.0. The predicted molar refractivity (Wildman–Crippen MR) is 126 cm³/mol. The summed E-state index contributed by atoms with van der Waals surface area (Å²) >= 11 is 0. The second kappa shape index (κ2) is 8.20. The van der Waals surface area contributed by atoms with Crippen LogP contribution in [0.5, 0.6) is 0 Å². The summed E-state index contributed by atoms with van der Waals surface area (Å²) in [5.74, 6) is 2.47. The van der Waals surface area contributed by atoms with E-state index in [1.165, 1.54) is 19.3 Å². The summed E-state index contributed by atoms with van der Waals surface area (Å²) in [6.45, 7) is 4.05. The molecule has 2 fully saturated rings. The largest absolute Gasteiger partial charge is 0.485 e. The fourth-order valence-corrected chi connectivity index (χ4v) is 5.41. The Morgan fingerprint density at radius 1 is 1.03 bits per heavy atom. The Bertz CT molecular complexity index is 1050. The molecule has 0 bridgehead atoms. The van der Waals surface area contributed by atoms with Crippen LogP contribution >= 0.6 is 0 Å². The monoisotopic (exact) mass is 430 g/mol. The molecule has 2 aromatic rings. The molecule has 0 amide bonds. The number of piperazine rings is 1. The molecule has 32 heavy (non-hydrogen) atoms. The highest BCUT2D eigenvalue weighted by Gasteiger charge is 2.44. The Hall–Kier alpha value is -2.93. The van der Waals surface area contributed by atoms with Gasteiger partial charge in [0.2, 0.25) is 5.95 Å². The van der Waals surface area contributed by atoms with Crippen LogP contribution in [0.4, 0.5) is 17.5 Å². The highest BCUT2D eigenvalue weighted by atomic mass is 16.5. The van der Waals surface area contributed by atoms with Gasteiger partial charge in [-0.25, -0.2) is 15.0 Å². The van der Waals surface area contributed by atoms with Gasteiger partial charge < -0.3 is 20.3 Å². The molecule has 2 aromatic heterocycles. The zero-order chi connectivity index (χ0) is 21.4. The van der Waals surface area contributed by atoms with Gasteiger partial charge in [0, 0.05) is 49.9 Å². The van der Waals surface area contributed by atoms with Crippen LogP contribution in [0.1, 0.15) is 56.2 Å². The fourth-order valence-electron chi connectivity index (χ4n) is 5.41. The van der Waals surface area contributed by atoms with Crippen LogP contribution in [0, 0.1) is 0 Å². The van der Waals surface area contributed by atoms with Crippen LogP contribution in [0.15, 0.2) is 42.4 Å². The standard InChI is InChI=1S/C25H30N6O/c1-4-10-25(11-5-1)23-20(19-6-2-3-7-21(19)32-25)17-28-24(30-23)29-22-9-8-18(16-27-22)31-14-12-26-13-15-31/h2,6,8-9,16-17,26H,1,3-5,7,10-15H2,(H,27,28,29,30). The number of pyridine rings is 1. The second-order valence-electron chi connectivity index (χ2n) is 9.15. The number of nitrogens with one attached hydrogen (secondary N) is 2. The van der Waals surface area contributed by atoms with E-state index in [1.807, 2.05) is 18.5 Å². The van der Waals surface area contributed by atoms with E-state index < -0.39 is 0 Å². The Morgan fingerprint density at radius 2 is 1.91 bits per heavy atom. The highest BCUT2D eigenvalue weighted by Crippen LogP contribution is 2.50. The van der Waals surface area contributed by atoms with Gasteiger partial charge in [-0.05, 0) is 44.2 Å². The lowest BCUT2D eigenvalue weighted by Gasteiger charge is -2.43.